The molecule has 0 aliphatic carbocycles. The number of hydrogen-bond donors (Lipinski definition) is 0. The van der Waals surface area contributed by atoms with Crippen LogP contribution in [0, 0.1) is 0 Å². The summed E-state index contributed by atoms with van der Waals surface area (Å²) in [5.74, 6) is 2.95. The first kappa shape index (κ1) is 18.5. The van der Waals surface area contributed by atoms with Crippen molar-refractivity contribution < 1.29 is 9.47 Å². The van der Waals surface area contributed by atoms with Crippen molar-refractivity contribution in [3.05, 3.63) is 59.6 Å². The zero-order valence-corrected chi connectivity index (χ0v) is 16.9. The summed E-state index contributed by atoms with van der Waals surface area (Å²) < 4.78 is 13.7. The molecule has 3 aromatic rings. The van der Waals surface area contributed by atoms with Crippen molar-refractivity contribution in [3.8, 4) is 28.6 Å². The minimum Gasteiger partial charge on any atom is -0.497 e. The molecule has 5 nitrogen and oxygen atoms in total. The van der Waals surface area contributed by atoms with E-state index in [9.17, 15) is 0 Å². The molecule has 0 aliphatic heterocycles. The van der Waals surface area contributed by atoms with Crippen LogP contribution in [0.1, 0.15) is 0 Å². The SMILES string of the molecule is C=C(Br)CSc1nnc(-c2ccccc2OC)n1-c1ccc(OC)cc1. The number of nitrogens with zero attached hydrogens (tertiary/aromatic N) is 3. The summed E-state index contributed by atoms with van der Waals surface area (Å²) in [4.78, 5) is 0. The van der Waals surface area contributed by atoms with Gasteiger partial charge in [0, 0.05) is 5.75 Å². The van der Waals surface area contributed by atoms with Gasteiger partial charge in [-0.05, 0) is 40.9 Å². The lowest BCUT2D eigenvalue weighted by Gasteiger charge is -2.13. The topological polar surface area (TPSA) is 49.2 Å². The number of methoxy groups -OCH3 is 2. The summed E-state index contributed by atoms with van der Waals surface area (Å²) in [6.07, 6.45) is 0. The number of rotatable bonds is 7. The first-order valence-electron chi connectivity index (χ1n) is 7.83. The maximum absolute atomic E-state index is 5.51. The molecule has 3 rings (SSSR count). The Hall–Kier alpha value is -2.25. The van der Waals surface area contributed by atoms with Crippen molar-refractivity contribution >= 4 is 27.7 Å². The third-order valence-electron chi connectivity index (χ3n) is 3.67. The summed E-state index contributed by atoms with van der Waals surface area (Å²) in [6, 6.07) is 15.6. The molecule has 0 fully saturated rings. The zero-order valence-electron chi connectivity index (χ0n) is 14.5. The van der Waals surface area contributed by atoms with E-state index in [1.807, 2.05) is 53.1 Å². The average Bonchev–Trinajstić information content (AvgIpc) is 3.10. The first-order chi connectivity index (χ1) is 12.6. The highest BCUT2D eigenvalue weighted by Crippen LogP contribution is 2.34. The number of hydrogen-bond acceptors (Lipinski definition) is 5. The lowest BCUT2D eigenvalue weighted by atomic mass is 10.2. The molecule has 0 radical (unpaired) electrons. The number of halogens is 1. The van der Waals surface area contributed by atoms with Crippen LogP contribution in [0.3, 0.4) is 0 Å². The smallest absolute Gasteiger partial charge is 0.196 e. The number of para-hydroxylation sites is 1. The second kappa shape index (κ2) is 8.42. The highest BCUT2D eigenvalue weighted by atomic mass is 79.9. The van der Waals surface area contributed by atoms with Crippen LogP contribution in [0.25, 0.3) is 17.1 Å². The van der Waals surface area contributed by atoms with Crippen LogP contribution in [0.5, 0.6) is 11.5 Å². The van der Waals surface area contributed by atoms with E-state index in [1.54, 1.807) is 26.0 Å². The van der Waals surface area contributed by atoms with Gasteiger partial charge in [-0.25, -0.2) is 0 Å². The van der Waals surface area contributed by atoms with Gasteiger partial charge in [0.15, 0.2) is 11.0 Å². The summed E-state index contributed by atoms with van der Waals surface area (Å²) in [5, 5.41) is 9.59. The van der Waals surface area contributed by atoms with Crippen LogP contribution in [0.15, 0.2) is 64.7 Å². The maximum atomic E-state index is 5.51. The molecular formula is C19H18BrN3O2S. The third kappa shape index (κ3) is 3.94. The van der Waals surface area contributed by atoms with Crippen molar-refractivity contribution in [1.29, 1.82) is 0 Å². The lowest BCUT2D eigenvalue weighted by molar-refractivity contribution is 0.414. The van der Waals surface area contributed by atoms with Crippen LogP contribution in [-0.4, -0.2) is 34.7 Å². The molecule has 26 heavy (non-hydrogen) atoms. The van der Waals surface area contributed by atoms with Gasteiger partial charge >= 0.3 is 0 Å². The van der Waals surface area contributed by atoms with Crippen molar-refractivity contribution in [2.75, 3.05) is 20.0 Å². The van der Waals surface area contributed by atoms with E-state index in [2.05, 4.69) is 32.7 Å². The van der Waals surface area contributed by atoms with Crippen LogP contribution in [0.2, 0.25) is 0 Å². The maximum Gasteiger partial charge on any atom is 0.196 e. The monoisotopic (exact) mass is 431 g/mol. The van der Waals surface area contributed by atoms with Crippen LogP contribution in [0.4, 0.5) is 0 Å². The number of aromatic nitrogens is 3. The standard InChI is InChI=1S/C19H18BrN3O2S/c1-13(20)12-26-19-22-21-18(16-6-4-5-7-17(16)25-3)23(19)14-8-10-15(24-2)11-9-14/h4-11H,1,12H2,2-3H3. The lowest BCUT2D eigenvalue weighted by Crippen LogP contribution is -2.01. The first-order valence-corrected chi connectivity index (χ1v) is 9.61. The van der Waals surface area contributed by atoms with E-state index >= 15 is 0 Å². The Morgan fingerprint density at radius 2 is 1.81 bits per heavy atom. The van der Waals surface area contributed by atoms with Gasteiger partial charge in [-0.15, -0.1) is 10.2 Å². The molecule has 1 aromatic heterocycles. The minimum absolute atomic E-state index is 0.695. The summed E-state index contributed by atoms with van der Waals surface area (Å²) in [7, 11) is 3.30. The van der Waals surface area contributed by atoms with Crippen molar-refractivity contribution in [1.82, 2.24) is 14.8 Å². The Labute approximate surface area is 165 Å². The number of ether oxygens (including phenoxy) is 2. The van der Waals surface area contributed by atoms with E-state index in [0.29, 0.717) is 5.75 Å². The Bertz CT molecular complexity index is 909. The Morgan fingerprint density at radius 3 is 2.46 bits per heavy atom. The van der Waals surface area contributed by atoms with Crippen molar-refractivity contribution in [2.24, 2.45) is 0 Å². The fourth-order valence-corrected chi connectivity index (χ4v) is 3.52. The largest absolute Gasteiger partial charge is 0.497 e. The zero-order chi connectivity index (χ0) is 18.5. The van der Waals surface area contributed by atoms with E-state index in [1.165, 1.54) is 0 Å². The predicted octanol–water partition coefficient (Wildman–Crippen LogP) is 4.95. The average molecular weight is 432 g/mol. The van der Waals surface area contributed by atoms with Gasteiger partial charge in [0.2, 0.25) is 0 Å². The molecule has 0 spiro atoms. The van der Waals surface area contributed by atoms with E-state index < -0.39 is 0 Å². The second-order valence-electron chi connectivity index (χ2n) is 5.35. The quantitative estimate of drug-likeness (QED) is 0.495. The minimum atomic E-state index is 0.695. The molecule has 0 saturated heterocycles. The van der Waals surface area contributed by atoms with Gasteiger partial charge < -0.3 is 9.47 Å². The van der Waals surface area contributed by atoms with Gasteiger partial charge in [-0.2, -0.15) is 0 Å². The highest BCUT2D eigenvalue weighted by molar-refractivity contribution is 9.11. The Morgan fingerprint density at radius 1 is 1.08 bits per heavy atom. The third-order valence-corrected chi connectivity index (χ3v) is 5.34. The fraction of sp³-hybridized carbons (Fsp3) is 0.158. The van der Waals surface area contributed by atoms with Crippen molar-refractivity contribution in [3.63, 3.8) is 0 Å². The molecule has 0 saturated carbocycles. The molecule has 0 bridgehead atoms. The normalized spacial score (nSPS) is 10.6. The molecule has 0 N–H and O–H groups in total. The number of benzene rings is 2. The molecule has 0 amide bonds. The van der Waals surface area contributed by atoms with Gasteiger partial charge in [0.25, 0.3) is 0 Å². The van der Waals surface area contributed by atoms with Gasteiger partial charge in [-0.1, -0.05) is 46.4 Å². The molecule has 134 valence electrons. The summed E-state index contributed by atoms with van der Waals surface area (Å²) in [5.41, 5.74) is 1.82. The van der Waals surface area contributed by atoms with E-state index in [-0.39, 0.29) is 0 Å². The molecule has 2 aromatic carbocycles. The number of thioether (sulfide) groups is 1. The van der Waals surface area contributed by atoms with Gasteiger partial charge in [-0.3, -0.25) is 4.57 Å². The van der Waals surface area contributed by atoms with Crippen LogP contribution >= 0.6 is 27.7 Å². The predicted molar refractivity (Wildman–Crippen MR) is 109 cm³/mol. The Balaban J connectivity index is 2.13. The molecule has 7 heteroatoms. The summed E-state index contributed by atoms with van der Waals surface area (Å²) in [6.45, 7) is 3.89. The Kier molecular flexibility index (Phi) is 6.00. The highest BCUT2D eigenvalue weighted by Gasteiger charge is 2.19. The molecule has 0 unspecified atom stereocenters. The molecule has 1 heterocycles. The molecule has 0 aliphatic rings. The molecular weight excluding hydrogens is 414 g/mol. The van der Waals surface area contributed by atoms with Crippen LogP contribution < -0.4 is 9.47 Å². The molecule has 0 atom stereocenters. The fourth-order valence-electron chi connectivity index (χ4n) is 2.47. The van der Waals surface area contributed by atoms with Gasteiger partial charge in [0.05, 0.1) is 25.5 Å². The van der Waals surface area contributed by atoms with E-state index in [0.717, 1.165) is 38.2 Å². The van der Waals surface area contributed by atoms with E-state index in [4.69, 9.17) is 9.47 Å². The summed E-state index contributed by atoms with van der Waals surface area (Å²) >= 11 is 4.96. The van der Waals surface area contributed by atoms with Crippen LogP contribution in [-0.2, 0) is 0 Å². The van der Waals surface area contributed by atoms with Crippen molar-refractivity contribution in [2.45, 2.75) is 5.16 Å². The second-order valence-corrected chi connectivity index (χ2v) is 7.41. The van der Waals surface area contributed by atoms with Gasteiger partial charge in [0.1, 0.15) is 11.5 Å².